The number of nitrogens with one attached hydrogen (secondary N) is 2. The molecule has 7 heteroatoms. The normalized spacial score (nSPS) is 21.2. The molecule has 3 rings (SSSR count). The van der Waals surface area contributed by atoms with Gasteiger partial charge in [0.25, 0.3) is 0 Å². The zero-order valence-electron chi connectivity index (χ0n) is 16.1. The molecule has 0 aromatic carbocycles. The molecule has 2 N–H and O–H groups in total. The summed E-state index contributed by atoms with van der Waals surface area (Å²) in [6.45, 7) is 9.42. The van der Waals surface area contributed by atoms with E-state index in [9.17, 15) is 0 Å². The Morgan fingerprint density at radius 1 is 1.08 bits per heavy atom. The van der Waals surface area contributed by atoms with Crippen LogP contribution in [0.4, 0.5) is 17.6 Å². The van der Waals surface area contributed by atoms with Crippen LogP contribution in [0, 0.1) is 5.92 Å². The summed E-state index contributed by atoms with van der Waals surface area (Å²) in [5.41, 5.74) is 0. The summed E-state index contributed by atoms with van der Waals surface area (Å²) in [4.78, 5) is 14.4. The van der Waals surface area contributed by atoms with Gasteiger partial charge in [0, 0.05) is 38.8 Å². The zero-order chi connectivity index (χ0) is 18.4. The van der Waals surface area contributed by atoms with E-state index in [0.717, 1.165) is 44.4 Å². The fourth-order valence-electron chi connectivity index (χ4n) is 3.81. The molecule has 1 aromatic rings. The van der Waals surface area contributed by atoms with Gasteiger partial charge in [0.15, 0.2) is 5.11 Å². The molecule has 2 aliphatic rings. The minimum atomic E-state index is 0.582. The van der Waals surface area contributed by atoms with Crippen LogP contribution in [-0.2, 0) is 0 Å². The van der Waals surface area contributed by atoms with Crippen LogP contribution in [0.15, 0.2) is 6.07 Å². The van der Waals surface area contributed by atoms with Gasteiger partial charge in [-0.2, -0.15) is 9.97 Å². The lowest BCUT2D eigenvalue weighted by Crippen LogP contribution is -2.36. The van der Waals surface area contributed by atoms with Crippen LogP contribution in [0.5, 0.6) is 0 Å². The Labute approximate surface area is 162 Å². The zero-order valence-corrected chi connectivity index (χ0v) is 16.9. The monoisotopic (exact) mass is 376 g/mol. The highest BCUT2D eigenvalue weighted by molar-refractivity contribution is 7.80. The van der Waals surface area contributed by atoms with Crippen LogP contribution in [0.1, 0.15) is 52.4 Å². The Morgan fingerprint density at radius 3 is 2.38 bits per heavy atom. The lowest BCUT2D eigenvalue weighted by Gasteiger charge is -2.33. The molecule has 0 spiro atoms. The molecule has 6 nitrogen and oxygen atoms in total. The van der Waals surface area contributed by atoms with Crippen molar-refractivity contribution in [2.75, 3.05) is 47.8 Å². The highest BCUT2D eigenvalue weighted by atomic mass is 32.1. The van der Waals surface area contributed by atoms with Gasteiger partial charge in [0.05, 0.1) is 0 Å². The summed E-state index contributed by atoms with van der Waals surface area (Å²) in [5, 5.41) is 6.88. The molecule has 1 atom stereocenters. The number of anilines is 3. The fraction of sp³-hybridized carbons (Fsp3) is 0.737. The molecule has 0 saturated carbocycles. The standard InChI is InChI=1S/C19H32N6S/c1-3-20-19(26)23-18-21-16(24-10-6-4-5-7-11-24)13-17(22-18)25-12-8-9-15(2)14-25/h13,15H,3-12,14H2,1-2H3,(H2,20,21,22,23,26)/t15-/m1/s1. The number of thiocarbonyl (C=S) groups is 1. The summed E-state index contributed by atoms with van der Waals surface area (Å²) in [5.74, 6) is 3.36. The number of hydrogen-bond acceptors (Lipinski definition) is 5. The quantitative estimate of drug-likeness (QED) is 0.781. The predicted octanol–water partition coefficient (Wildman–Crippen LogP) is 3.40. The van der Waals surface area contributed by atoms with Gasteiger partial charge < -0.3 is 20.4 Å². The maximum absolute atomic E-state index is 5.35. The summed E-state index contributed by atoms with van der Waals surface area (Å²) in [7, 11) is 0. The molecule has 0 aliphatic carbocycles. The Morgan fingerprint density at radius 2 is 1.73 bits per heavy atom. The maximum Gasteiger partial charge on any atom is 0.232 e. The van der Waals surface area contributed by atoms with Crippen LogP contribution < -0.4 is 20.4 Å². The Bertz CT molecular complexity index is 579. The minimum absolute atomic E-state index is 0.582. The van der Waals surface area contributed by atoms with Gasteiger partial charge in [0.1, 0.15) is 11.6 Å². The SMILES string of the molecule is CCNC(=S)Nc1nc(N2CCCCCC2)cc(N2CCC[C@@H](C)C2)n1. The third-order valence-electron chi connectivity index (χ3n) is 5.17. The molecule has 1 aromatic heterocycles. The molecule has 0 unspecified atom stereocenters. The van der Waals surface area contributed by atoms with Gasteiger partial charge in [-0.15, -0.1) is 0 Å². The molecule has 144 valence electrons. The second-order valence-corrected chi connectivity index (χ2v) is 7.90. The largest absolute Gasteiger partial charge is 0.363 e. The molecule has 0 amide bonds. The van der Waals surface area contributed by atoms with E-state index in [0.29, 0.717) is 17.0 Å². The molecule has 2 saturated heterocycles. The Hall–Kier alpha value is -1.63. The molecule has 2 aliphatic heterocycles. The lowest BCUT2D eigenvalue weighted by atomic mass is 10.0. The van der Waals surface area contributed by atoms with Crippen LogP contribution in [-0.4, -0.2) is 47.8 Å². The number of piperidine rings is 1. The highest BCUT2D eigenvalue weighted by Gasteiger charge is 2.21. The molecular weight excluding hydrogens is 344 g/mol. The molecule has 26 heavy (non-hydrogen) atoms. The van der Waals surface area contributed by atoms with Crippen molar-refractivity contribution in [3.8, 4) is 0 Å². The summed E-state index contributed by atoms with van der Waals surface area (Å²) in [6.07, 6.45) is 7.62. The second-order valence-electron chi connectivity index (χ2n) is 7.49. The van der Waals surface area contributed by atoms with Gasteiger partial charge in [-0.3, -0.25) is 0 Å². The average Bonchev–Trinajstić information content (AvgIpc) is 2.91. The van der Waals surface area contributed by atoms with Crippen molar-refractivity contribution in [3.05, 3.63) is 6.07 Å². The Kier molecular flexibility index (Phi) is 6.88. The van der Waals surface area contributed by atoms with E-state index in [1.54, 1.807) is 0 Å². The van der Waals surface area contributed by atoms with E-state index >= 15 is 0 Å². The van der Waals surface area contributed by atoms with E-state index < -0.39 is 0 Å². The first-order valence-corrected chi connectivity index (χ1v) is 10.5. The maximum atomic E-state index is 5.35. The van der Waals surface area contributed by atoms with Crippen molar-refractivity contribution in [2.45, 2.75) is 52.4 Å². The van der Waals surface area contributed by atoms with Crippen LogP contribution >= 0.6 is 12.2 Å². The van der Waals surface area contributed by atoms with E-state index in [1.165, 1.54) is 38.5 Å². The number of rotatable bonds is 4. The van der Waals surface area contributed by atoms with Crippen molar-refractivity contribution in [1.29, 1.82) is 0 Å². The van der Waals surface area contributed by atoms with Gasteiger partial charge >= 0.3 is 0 Å². The van der Waals surface area contributed by atoms with Crippen molar-refractivity contribution >= 4 is 34.9 Å². The van der Waals surface area contributed by atoms with Gasteiger partial charge in [-0.1, -0.05) is 19.8 Å². The van der Waals surface area contributed by atoms with Crippen LogP contribution in [0.3, 0.4) is 0 Å². The van der Waals surface area contributed by atoms with E-state index in [4.69, 9.17) is 22.2 Å². The van der Waals surface area contributed by atoms with Gasteiger partial charge in [0.2, 0.25) is 5.95 Å². The number of aromatic nitrogens is 2. The number of hydrogen-bond donors (Lipinski definition) is 2. The number of nitrogens with zero attached hydrogens (tertiary/aromatic N) is 4. The second kappa shape index (κ2) is 9.35. The molecule has 0 bridgehead atoms. The fourth-order valence-corrected chi connectivity index (χ4v) is 4.04. The van der Waals surface area contributed by atoms with Crippen LogP contribution in [0.2, 0.25) is 0 Å². The Balaban J connectivity index is 1.86. The van der Waals surface area contributed by atoms with Crippen LogP contribution in [0.25, 0.3) is 0 Å². The predicted molar refractivity (Wildman–Crippen MR) is 113 cm³/mol. The van der Waals surface area contributed by atoms with Crippen molar-refractivity contribution in [1.82, 2.24) is 15.3 Å². The smallest absolute Gasteiger partial charge is 0.232 e. The average molecular weight is 377 g/mol. The molecule has 0 radical (unpaired) electrons. The van der Waals surface area contributed by atoms with Crippen molar-refractivity contribution in [2.24, 2.45) is 5.92 Å². The highest BCUT2D eigenvalue weighted by Crippen LogP contribution is 2.27. The third-order valence-corrected chi connectivity index (χ3v) is 5.42. The first-order chi connectivity index (χ1) is 12.7. The van der Waals surface area contributed by atoms with E-state index in [1.807, 2.05) is 6.92 Å². The first kappa shape index (κ1) is 19.1. The lowest BCUT2D eigenvalue weighted by molar-refractivity contribution is 0.444. The summed E-state index contributed by atoms with van der Waals surface area (Å²) in [6, 6.07) is 2.17. The molecule has 3 heterocycles. The van der Waals surface area contributed by atoms with Crippen molar-refractivity contribution < 1.29 is 0 Å². The van der Waals surface area contributed by atoms with Gasteiger partial charge in [-0.05, 0) is 50.7 Å². The third kappa shape index (κ3) is 5.19. The van der Waals surface area contributed by atoms with Gasteiger partial charge in [-0.25, -0.2) is 0 Å². The van der Waals surface area contributed by atoms with E-state index in [-0.39, 0.29) is 0 Å². The van der Waals surface area contributed by atoms with Crippen molar-refractivity contribution in [3.63, 3.8) is 0 Å². The summed E-state index contributed by atoms with van der Waals surface area (Å²) >= 11 is 5.35. The summed E-state index contributed by atoms with van der Waals surface area (Å²) < 4.78 is 0. The first-order valence-electron chi connectivity index (χ1n) is 10.1. The molecular formula is C19H32N6S. The molecule has 2 fully saturated rings. The minimum Gasteiger partial charge on any atom is -0.363 e. The topological polar surface area (TPSA) is 56.3 Å². The van der Waals surface area contributed by atoms with E-state index in [2.05, 4.69) is 33.4 Å².